The number of carbonyl (C=O) groups is 1. The summed E-state index contributed by atoms with van der Waals surface area (Å²) in [6.45, 7) is 5.36. The van der Waals surface area contributed by atoms with E-state index in [9.17, 15) is 4.79 Å². The van der Waals surface area contributed by atoms with Crippen molar-refractivity contribution in [2.45, 2.75) is 13.0 Å². The SMILES string of the molecule is O=C(CN1CCN(Cc2cccs2)CC1)Nc1ccccc1Cc1ccccc1. The number of thiophene rings is 1. The highest BCUT2D eigenvalue weighted by Gasteiger charge is 2.19. The monoisotopic (exact) mass is 405 g/mol. The zero-order chi connectivity index (χ0) is 19.9. The van der Waals surface area contributed by atoms with Gasteiger partial charge < -0.3 is 5.32 Å². The maximum atomic E-state index is 12.7. The van der Waals surface area contributed by atoms with Gasteiger partial charge in [-0.25, -0.2) is 0 Å². The number of hydrogen-bond acceptors (Lipinski definition) is 4. The molecule has 0 spiro atoms. The van der Waals surface area contributed by atoms with Crippen molar-refractivity contribution in [1.82, 2.24) is 9.80 Å². The Morgan fingerprint density at radius 3 is 2.34 bits per heavy atom. The van der Waals surface area contributed by atoms with E-state index in [-0.39, 0.29) is 5.91 Å². The first-order valence-corrected chi connectivity index (χ1v) is 11.0. The summed E-state index contributed by atoms with van der Waals surface area (Å²) >= 11 is 1.81. The van der Waals surface area contributed by atoms with Crippen LogP contribution in [0.4, 0.5) is 5.69 Å². The van der Waals surface area contributed by atoms with Gasteiger partial charge in [-0.15, -0.1) is 11.3 Å². The maximum absolute atomic E-state index is 12.7. The van der Waals surface area contributed by atoms with Crippen molar-refractivity contribution >= 4 is 22.9 Å². The molecule has 2 heterocycles. The molecule has 1 amide bonds. The largest absolute Gasteiger partial charge is 0.325 e. The van der Waals surface area contributed by atoms with Crippen molar-refractivity contribution in [3.8, 4) is 0 Å². The van der Waals surface area contributed by atoms with Gasteiger partial charge >= 0.3 is 0 Å². The summed E-state index contributed by atoms with van der Waals surface area (Å²) < 4.78 is 0. The zero-order valence-electron chi connectivity index (χ0n) is 16.6. The predicted octanol–water partition coefficient (Wildman–Crippen LogP) is 4.10. The summed E-state index contributed by atoms with van der Waals surface area (Å²) in [6.07, 6.45) is 0.818. The summed E-state index contributed by atoms with van der Waals surface area (Å²) in [5.41, 5.74) is 3.31. The van der Waals surface area contributed by atoms with Crippen LogP contribution >= 0.6 is 11.3 Å². The summed E-state index contributed by atoms with van der Waals surface area (Å²) in [6, 6.07) is 22.8. The molecule has 1 aliphatic rings. The van der Waals surface area contributed by atoms with Gasteiger partial charge in [-0.05, 0) is 35.1 Å². The molecule has 0 unspecified atom stereocenters. The summed E-state index contributed by atoms with van der Waals surface area (Å²) in [7, 11) is 0. The van der Waals surface area contributed by atoms with Gasteiger partial charge in [0, 0.05) is 43.3 Å². The molecule has 1 saturated heterocycles. The lowest BCUT2D eigenvalue weighted by atomic mass is 10.0. The van der Waals surface area contributed by atoms with Crippen LogP contribution in [0.3, 0.4) is 0 Å². The molecule has 4 nitrogen and oxygen atoms in total. The number of rotatable bonds is 7. The van der Waals surface area contributed by atoms with E-state index in [1.165, 1.54) is 10.4 Å². The fourth-order valence-corrected chi connectivity index (χ4v) is 4.48. The van der Waals surface area contributed by atoms with Crippen LogP contribution in [-0.4, -0.2) is 48.4 Å². The highest BCUT2D eigenvalue weighted by molar-refractivity contribution is 7.09. The second-order valence-corrected chi connectivity index (χ2v) is 8.53. The van der Waals surface area contributed by atoms with Crippen molar-refractivity contribution in [3.63, 3.8) is 0 Å². The molecule has 2 aromatic carbocycles. The number of hydrogen-bond donors (Lipinski definition) is 1. The van der Waals surface area contributed by atoms with E-state index in [1.54, 1.807) is 0 Å². The number of amides is 1. The molecule has 1 N–H and O–H groups in total. The number of para-hydroxylation sites is 1. The van der Waals surface area contributed by atoms with Gasteiger partial charge in [0.25, 0.3) is 0 Å². The normalized spacial score (nSPS) is 15.3. The van der Waals surface area contributed by atoms with Gasteiger partial charge in [-0.3, -0.25) is 14.6 Å². The molecule has 0 saturated carbocycles. The third-order valence-electron chi connectivity index (χ3n) is 5.32. The molecule has 1 aromatic heterocycles. The van der Waals surface area contributed by atoms with Crippen LogP contribution in [0.2, 0.25) is 0 Å². The zero-order valence-corrected chi connectivity index (χ0v) is 17.4. The molecule has 5 heteroatoms. The molecule has 3 aromatic rings. The molecule has 0 aliphatic carbocycles. The van der Waals surface area contributed by atoms with Crippen LogP contribution in [0.1, 0.15) is 16.0 Å². The Balaban J connectivity index is 1.28. The fraction of sp³-hybridized carbons (Fsp3) is 0.292. The number of anilines is 1. The third-order valence-corrected chi connectivity index (χ3v) is 6.18. The van der Waals surface area contributed by atoms with E-state index >= 15 is 0 Å². The molecule has 150 valence electrons. The van der Waals surface area contributed by atoms with Crippen LogP contribution in [0.15, 0.2) is 72.1 Å². The molecule has 29 heavy (non-hydrogen) atoms. The molecule has 4 rings (SSSR count). The lowest BCUT2D eigenvalue weighted by Gasteiger charge is -2.34. The summed E-state index contributed by atoms with van der Waals surface area (Å²) in [5, 5.41) is 5.26. The van der Waals surface area contributed by atoms with Gasteiger partial charge in [-0.2, -0.15) is 0 Å². The van der Waals surface area contributed by atoms with Crippen LogP contribution < -0.4 is 5.32 Å². The Kier molecular flexibility index (Phi) is 6.72. The highest BCUT2D eigenvalue weighted by Crippen LogP contribution is 2.19. The molecular weight excluding hydrogens is 378 g/mol. The van der Waals surface area contributed by atoms with Gasteiger partial charge in [-0.1, -0.05) is 54.6 Å². The van der Waals surface area contributed by atoms with E-state index < -0.39 is 0 Å². The van der Waals surface area contributed by atoms with Crippen LogP contribution in [0.5, 0.6) is 0 Å². The number of nitrogens with one attached hydrogen (secondary N) is 1. The van der Waals surface area contributed by atoms with Crippen LogP contribution in [0, 0.1) is 0 Å². The average Bonchev–Trinajstić information content (AvgIpc) is 3.25. The second-order valence-electron chi connectivity index (χ2n) is 7.50. The van der Waals surface area contributed by atoms with E-state index in [4.69, 9.17) is 0 Å². The van der Waals surface area contributed by atoms with E-state index in [1.807, 2.05) is 35.6 Å². The lowest BCUT2D eigenvalue weighted by Crippen LogP contribution is -2.48. The second kappa shape index (κ2) is 9.83. The Hall–Kier alpha value is -2.47. The number of piperazine rings is 1. The minimum absolute atomic E-state index is 0.0669. The quantitative estimate of drug-likeness (QED) is 0.643. The van der Waals surface area contributed by atoms with Gasteiger partial charge in [0.1, 0.15) is 0 Å². The third kappa shape index (κ3) is 5.76. The van der Waals surface area contributed by atoms with E-state index in [0.717, 1.165) is 50.4 Å². The van der Waals surface area contributed by atoms with Crippen molar-refractivity contribution in [3.05, 3.63) is 88.1 Å². The minimum atomic E-state index is 0.0669. The van der Waals surface area contributed by atoms with Crippen molar-refractivity contribution < 1.29 is 4.79 Å². The van der Waals surface area contributed by atoms with Crippen molar-refractivity contribution in [2.75, 3.05) is 38.0 Å². The molecule has 0 atom stereocenters. The first-order chi connectivity index (χ1) is 14.3. The van der Waals surface area contributed by atoms with Crippen molar-refractivity contribution in [1.29, 1.82) is 0 Å². The summed E-state index contributed by atoms with van der Waals surface area (Å²) in [5.74, 6) is 0.0669. The van der Waals surface area contributed by atoms with E-state index in [2.05, 4.69) is 63.0 Å². The van der Waals surface area contributed by atoms with Crippen LogP contribution in [-0.2, 0) is 17.8 Å². The molecular formula is C24H27N3OS. The van der Waals surface area contributed by atoms with Crippen LogP contribution in [0.25, 0.3) is 0 Å². The van der Waals surface area contributed by atoms with Crippen molar-refractivity contribution in [2.24, 2.45) is 0 Å². The molecule has 0 bridgehead atoms. The average molecular weight is 406 g/mol. The first-order valence-electron chi connectivity index (χ1n) is 10.1. The lowest BCUT2D eigenvalue weighted by molar-refractivity contribution is -0.117. The standard InChI is InChI=1S/C24H27N3OS/c28-24(19-27-14-12-26(13-15-27)18-22-10-6-16-29-22)25-23-11-5-4-9-21(23)17-20-7-2-1-3-8-20/h1-11,16H,12-15,17-19H2,(H,25,28). The number of benzene rings is 2. The number of carbonyl (C=O) groups excluding carboxylic acids is 1. The molecule has 1 aliphatic heterocycles. The topological polar surface area (TPSA) is 35.6 Å². The Morgan fingerprint density at radius 2 is 1.59 bits per heavy atom. The highest BCUT2D eigenvalue weighted by atomic mass is 32.1. The Labute approximate surface area is 176 Å². The maximum Gasteiger partial charge on any atom is 0.238 e. The van der Waals surface area contributed by atoms with E-state index in [0.29, 0.717) is 6.54 Å². The van der Waals surface area contributed by atoms with Gasteiger partial charge in [0.05, 0.1) is 6.54 Å². The smallest absolute Gasteiger partial charge is 0.238 e. The van der Waals surface area contributed by atoms with Gasteiger partial charge in [0.15, 0.2) is 0 Å². The Morgan fingerprint density at radius 1 is 0.862 bits per heavy atom. The number of nitrogens with zero attached hydrogens (tertiary/aromatic N) is 2. The summed E-state index contributed by atoms with van der Waals surface area (Å²) in [4.78, 5) is 18.8. The molecule has 0 radical (unpaired) electrons. The molecule has 1 fully saturated rings. The predicted molar refractivity (Wildman–Crippen MR) is 120 cm³/mol. The minimum Gasteiger partial charge on any atom is -0.325 e. The van der Waals surface area contributed by atoms with Gasteiger partial charge in [0.2, 0.25) is 5.91 Å². The fourth-order valence-electron chi connectivity index (χ4n) is 3.73. The Bertz CT molecular complexity index is 903. The first kappa shape index (κ1) is 19.8.